The van der Waals surface area contributed by atoms with Crippen LogP contribution in [0.3, 0.4) is 0 Å². The number of oxime groups is 1. The van der Waals surface area contributed by atoms with Gasteiger partial charge in [-0.3, -0.25) is 9.69 Å². The van der Waals surface area contributed by atoms with E-state index >= 15 is 0 Å². The molecule has 2 aliphatic heterocycles. The zero-order valence-electron chi connectivity index (χ0n) is 15.1. The highest BCUT2D eigenvalue weighted by atomic mass is 79.9. The molecule has 0 N–H and O–H groups in total. The summed E-state index contributed by atoms with van der Waals surface area (Å²) in [6, 6.07) is 18.4. The second kappa shape index (κ2) is 8.23. The predicted molar refractivity (Wildman–Crippen MR) is 108 cm³/mol. The van der Waals surface area contributed by atoms with Crippen molar-refractivity contribution in [2.75, 3.05) is 26.2 Å². The van der Waals surface area contributed by atoms with Crippen molar-refractivity contribution in [3.8, 4) is 0 Å². The van der Waals surface area contributed by atoms with E-state index in [9.17, 15) is 4.79 Å². The Labute approximate surface area is 167 Å². The number of carbonyl (C=O) groups excluding carboxylic acids is 1. The van der Waals surface area contributed by atoms with Gasteiger partial charge in [-0.2, -0.15) is 0 Å². The summed E-state index contributed by atoms with van der Waals surface area (Å²) in [4.78, 5) is 22.6. The highest BCUT2D eigenvalue weighted by Gasteiger charge is 2.33. The Balaban J connectivity index is 1.29. The van der Waals surface area contributed by atoms with Crippen molar-refractivity contribution >= 4 is 27.5 Å². The van der Waals surface area contributed by atoms with Crippen molar-refractivity contribution < 1.29 is 9.63 Å². The molecule has 2 heterocycles. The lowest BCUT2D eigenvalue weighted by Gasteiger charge is -2.35. The van der Waals surface area contributed by atoms with E-state index in [2.05, 4.69) is 50.3 Å². The van der Waals surface area contributed by atoms with Gasteiger partial charge in [0.15, 0.2) is 0 Å². The van der Waals surface area contributed by atoms with E-state index < -0.39 is 6.10 Å². The first kappa shape index (κ1) is 18.2. The van der Waals surface area contributed by atoms with Gasteiger partial charge >= 0.3 is 0 Å². The molecule has 0 unspecified atom stereocenters. The fraction of sp³-hybridized carbons (Fsp3) is 0.333. The largest absolute Gasteiger partial charge is 0.382 e. The zero-order chi connectivity index (χ0) is 18.6. The quantitative estimate of drug-likeness (QED) is 0.751. The Morgan fingerprint density at radius 3 is 2.59 bits per heavy atom. The average molecular weight is 428 g/mol. The van der Waals surface area contributed by atoms with Gasteiger partial charge in [0.05, 0.1) is 5.71 Å². The van der Waals surface area contributed by atoms with Crippen molar-refractivity contribution in [1.82, 2.24) is 9.80 Å². The SMILES string of the molecule is O=C([C@@H]1CC(c2cccc(Br)c2)=NO1)N1CCN(Cc2ccccc2)CC1. The number of hydrogen-bond acceptors (Lipinski definition) is 4. The lowest BCUT2D eigenvalue weighted by molar-refractivity contribution is -0.143. The molecule has 1 amide bonds. The molecular formula is C21H22BrN3O2. The van der Waals surface area contributed by atoms with Crippen molar-refractivity contribution in [1.29, 1.82) is 0 Å². The number of rotatable bonds is 4. The van der Waals surface area contributed by atoms with Gasteiger partial charge in [-0.25, -0.2) is 0 Å². The average Bonchev–Trinajstić information content (AvgIpc) is 3.19. The summed E-state index contributed by atoms with van der Waals surface area (Å²) < 4.78 is 0.993. The van der Waals surface area contributed by atoms with Gasteiger partial charge in [0.25, 0.3) is 5.91 Å². The molecule has 0 bridgehead atoms. The number of nitrogens with zero attached hydrogens (tertiary/aromatic N) is 3. The third-order valence-corrected chi connectivity index (χ3v) is 5.53. The third-order valence-electron chi connectivity index (χ3n) is 5.04. The Kier molecular flexibility index (Phi) is 5.55. The summed E-state index contributed by atoms with van der Waals surface area (Å²) in [5.41, 5.74) is 3.13. The predicted octanol–water partition coefficient (Wildman–Crippen LogP) is 3.29. The lowest BCUT2D eigenvalue weighted by atomic mass is 10.0. The number of amides is 1. The fourth-order valence-corrected chi connectivity index (χ4v) is 3.92. The Morgan fingerprint density at radius 2 is 1.85 bits per heavy atom. The highest BCUT2D eigenvalue weighted by molar-refractivity contribution is 9.10. The van der Waals surface area contributed by atoms with E-state index in [-0.39, 0.29) is 5.91 Å². The first-order valence-corrected chi connectivity index (χ1v) is 10.0. The van der Waals surface area contributed by atoms with Crippen LogP contribution in [0.4, 0.5) is 0 Å². The summed E-state index contributed by atoms with van der Waals surface area (Å²) in [7, 11) is 0. The highest BCUT2D eigenvalue weighted by Crippen LogP contribution is 2.21. The minimum Gasteiger partial charge on any atom is -0.382 e. The normalized spacial score (nSPS) is 20.3. The van der Waals surface area contributed by atoms with Crippen LogP contribution in [0.5, 0.6) is 0 Å². The van der Waals surface area contributed by atoms with Crippen LogP contribution in [0, 0.1) is 0 Å². The van der Waals surface area contributed by atoms with E-state index in [1.54, 1.807) is 0 Å². The maximum Gasteiger partial charge on any atom is 0.266 e. The molecule has 1 saturated heterocycles. The van der Waals surface area contributed by atoms with Gasteiger partial charge in [-0.05, 0) is 17.7 Å². The number of halogens is 1. The summed E-state index contributed by atoms with van der Waals surface area (Å²) in [5, 5.41) is 4.15. The van der Waals surface area contributed by atoms with Gasteiger partial charge in [-0.15, -0.1) is 0 Å². The number of piperazine rings is 1. The molecule has 5 nitrogen and oxygen atoms in total. The molecule has 2 aromatic carbocycles. The molecule has 140 valence electrons. The van der Waals surface area contributed by atoms with Crippen LogP contribution in [-0.4, -0.2) is 53.7 Å². The van der Waals surface area contributed by atoms with E-state index in [1.807, 2.05) is 35.2 Å². The maximum atomic E-state index is 12.8. The molecule has 2 aromatic rings. The summed E-state index contributed by atoms with van der Waals surface area (Å²) >= 11 is 3.47. The van der Waals surface area contributed by atoms with Gasteiger partial charge in [0, 0.05) is 49.2 Å². The Morgan fingerprint density at radius 1 is 1.07 bits per heavy atom. The summed E-state index contributed by atoms with van der Waals surface area (Å²) in [5.74, 6) is 0.0445. The van der Waals surface area contributed by atoms with Crippen LogP contribution in [-0.2, 0) is 16.2 Å². The van der Waals surface area contributed by atoms with Gasteiger partial charge in [0.1, 0.15) is 0 Å². The van der Waals surface area contributed by atoms with E-state index in [4.69, 9.17) is 4.84 Å². The van der Waals surface area contributed by atoms with Crippen LogP contribution in [0.2, 0.25) is 0 Å². The topological polar surface area (TPSA) is 45.1 Å². The third kappa shape index (κ3) is 4.39. The zero-order valence-corrected chi connectivity index (χ0v) is 16.6. The van der Waals surface area contributed by atoms with Crippen molar-refractivity contribution in [3.05, 3.63) is 70.2 Å². The number of benzene rings is 2. The van der Waals surface area contributed by atoms with E-state index in [0.29, 0.717) is 6.42 Å². The molecule has 1 atom stereocenters. The second-order valence-corrected chi connectivity index (χ2v) is 7.85. The second-order valence-electron chi connectivity index (χ2n) is 6.93. The minimum atomic E-state index is -0.500. The summed E-state index contributed by atoms with van der Waals surface area (Å²) in [6.45, 7) is 4.16. The first-order valence-electron chi connectivity index (χ1n) is 9.23. The van der Waals surface area contributed by atoms with Crippen LogP contribution < -0.4 is 0 Å². The van der Waals surface area contributed by atoms with Crippen molar-refractivity contribution in [2.45, 2.75) is 19.1 Å². The first-order chi connectivity index (χ1) is 13.2. The lowest BCUT2D eigenvalue weighted by Crippen LogP contribution is -2.51. The molecule has 2 aliphatic rings. The van der Waals surface area contributed by atoms with E-state index in [1.165, 1.54) is 5.56 Å². The summed E-state index contributed by atoms with van der Waals surface area (Å²) in [6.07, 6.45) is 0.0270. The van der Waals surface area contributed by atoms with E-state index in [0.717, 1.165) is 48.5 Å². The Hall–Kier alpha value is -2.18. The minimum absolute atomic E-state index is 0.0445. The molecule has 6 heteroatoms. The van der Waals surface area contributed by atoms with Crippen molar-refractivity contribution in [2.24, 2.45) is 5.16 Å². The molecule has 0 aliphatic carbocycles. The smallest absolute Gasteiger partial charge is 0.266 e. The standard InChI is InChI=1S/C21H22BrN3O2/c22-18-8-4-7-17(13-18)19-14-20(27-23-19)21(26)25-11-9-24(10-12-25)15-16-5-2-1-3-6-16/h1-8,13,20H,9-12,14-15H2/t20-/m0/s1. The molecule has 0 saturated carbocycles. The molecular weight excluding hydrogens is 406 g/mol. The molecule has 0 aromatic heterocycles. The number of carbonyl (C=O) groups is 1. The van der Waals surface area contributed by atoms with Crippen LogP contribution in [0.25, 0.3) is 0 Å². The molecule has 4 rings (SSSR count). The van der Waals surface area contributed by atoms with Gasteiger partial charge < -0.3 is 9.74 Å². The monoisotopic (exact) mass is 427 g/mol. The van der Waals surface area contributed by atoms with Gasteiger partial charge in [0.2, 0.25) is 6.10 Å². The van der Waals surface area contributed by atoms with Crippen LogP contribution in [0.1, 0.15) is 17.5 Å². The van der Waals surface area contributed by atoms with Crippen LogP contribution in [0.15, 0.2) is 64.2 Å². The van der Waals surface area contributed by atoms with Gasteiger partial charge in [-0.1, -0.05) is 63.6 Å². The maximum absolute atomic E-state index is 12.8. The molecule has 27 heavy (non-hydrogen) atoms. The van der Waals surface area contributed by atoms with Crippen molar-refractivity contribution in [3.63, 3.8) is 0 Å². The molecule has 0 spiro atoms. The Bertz CT molecular complexity index is 832. The number of hydrogen-bond donors (Lipinski definition) is 0. The van der Waals surface area contributed by atoms with Crippen LogP contribution >= 0.6 is 15.9 Å². The molecule has 0 radical (unpaired) electrons. The molecule has 1 fully saturated rings. The fourth-order valence-electron chi connectivity index (χ4n) is 3.52.